The summed E-state index contributed by atoms with van der Waals surface area (Å²) in [5.41, 5.74) is 5.93. The van der Waals surface area contributed by atoms with E-state index in [1.807, 2.05) is 105 Å². The second kappa shape index (κ2) is 10.2. The van der Waals surface area contributed by atoms with Crippen molar-refractivity contribution in [3.8, 4) is 11.3 Å². The van der Waals surface area contributed by atoms with Crippen molar-refractivity contribution in [2.45, 2.75) is 19.9 Å². The number of hydrogen-bond donors (Lipinski definition) is 2. The van der Waals surface area contributed by atoms with Crippen LogP contribution in [0.3, 0.4) is 0 Å². The highest BCUT2D eigenvalue weighted by Crippen LogP contribution is 2.31. The van der Waals surface area contributed by atoms with Crippen molar-refractivity contribution in [1.29, 1.82) is 0 Å². The first-order valence-electron chi connectivity index (χ1n) is 12.5. The van der Waals surface area contributed by atoms with Gasteiger partial charge in [-0.1, -0.05) is 90.2 Å². The summed E-state index contributed by atoms with van der Waals surface area (Å²) in [4.78, 5) is 33.0. The van der Waals surface area contributed by atoms with Crippen molar-refractivity contribution in [3.05, 3.63) is 139 Å². The topological polar surface area (TPSA) is 92.1 Å². The fourth-order valence-corrected chi connectivity index (χ4v) is 5.89. The average Bonchev–Trinajstić information content (AvgIpc) is 3.54. The van der Waals surface area contributed by atoms with Crippen LogP contribution in [0.15, 0.2) is 112 Å². The molecule has 8 heteroatoms. The van der Waals surface area contributed by atoms with E-state index in [0.717, 1.165) is 33.6 Å². The van der Waals surface area contributed by atoms with Gasteiger partial charge in [-0.15, -0.1) is 0 Å². The Bertz CT molecular complexity index is 1900. The molecule has 1 unspecified atom stereocenters. The number of amides is 1. The molecule has 1 amide bonds. The van der Waals surface area contributed by atoms with E-state index in [9.17, 15) is 9.59 Å². The van der Waals surface area contributed by atoms with Crippen LogP contribution in [0.2, 0.25) is 0 Å². The Balaban J connectivity index is 1.49. The number of aromatic amines is 1. The maximum absolute atomic E-state index is 14.0. The number of carbonyl (C=O) groups is 1. The number of aromatic nitrogens is 3. The summed E-state index contributed by atoms with van der Waals surface area (Å²) in [7, 11) is 0. The van der Waals surface area contributed by atoms with Crippen LogP contribution in [-0.2, 0) is 4.79 Å². The number of allylic oxidation sites excluding steroid dienone is 1. The summed E-state index contributed by atoms with van der Waals surface area (Å²) in [6, 6.07) is 26.5. The first kappa shape index (κ1) is 24.5. The van der Waals surface area contributed by atoms with Crippen molar-refractivity contribution in [1.82, 2.24) is 14.8 Å². The van der Waals surface area contributed by atoms with Crippen LogP contribution in [0.1, 0.15) is 29.7 Å². The zero-order valence-electron chi connectivity index (χ0n) is 21.4. The van der Waals surface area contributed by atoms with E-state index in [4.69, 9.17) is 4.99 Å². The third-order valence-electron chi connectivity index (χ3n) is 6.79. The highest BCUT2D eigenvalue weighted by molar-refractivity contribution is 7.07. The van der Waals surface area contributed by atoms with Gasteiger partial charge in [-0.25, -0.2) is 4.99 Å². The largest absolute Gasteiger partial charge is 0.322 e. The lowest BCUT2D eigenvalue weighted by Crippen LogP contribution is -2.40. The lowest BCUT2D eigenvalue weighted by molar-refractivity contribution is -0.113. The molecule has 192 valence electrons. The van der Waals surface area contributed by atoms with Crippen LogP contribution in [0.25, 0.3) is 17.3 Å². The zero-order valence-corrected chi connectivity index (χ0v) is 22.2. The van der Waals surface area contributed by atoms with Gasteiger partial charge in [0.25, 0.3) is 11.5 Å². The number of benzene rings is 3. The van der Waals surface area contributed by atoms with E-state index in [-0.39, 0.29) is 11.5 Å². The number of H-pyrrole nitrogens is 1. The molecule has 0 saturated carbocycles. The Hall–Kier alpha value is -4.82. The molecule has 3 heterocycles. The summed E-state index contributed by atoms with van der Waals surface area (Å²) in [5, 5.41) is 10.3. The molecule has 2 N–H and O–H groups in total. The molecule has 0 bridgehead atoms. The van der Waals surface area contributed by atoms with Gasteiger partial charge in [-0.05, 0) is 37.1 Å². The van der Waals surface area contributed by atoms with Crippen LogP contribution >= 0.6 is 11.3 Å². The Labute approximate surface area is 228 Å². The molecule has 0 radical (unpaired) electrons. The number of carbonyl (C=O) groups excluding carboxylic acids is 1. The van der Waals surface area contributed by atoms with Gasteiger partial charge in [-0.2, -0.15) is 5.10 Å². The van der Waals surface area contributed by atoms with Crippen molar-refractivity contribution in [2.75, 3.05) is 5.32 Å². The molecule has 0 fully saturated rings. The number of aryl methyl sites for hydroxylation is 1. The van der Waals surface area contributed by atoms with Crippen LogP contribution in [-0.4, -0.2) is 20.7 Å². The minimum Gasteiger partial charge on any atom is -0.322 e. The van der Waals surface area contributed by atoms with E-state index in [1.54, 1.807) is 10.8 Å². The number of para-hydroxylation sites is 1. The number of fused-ring (bicyclic) bond motifs is 1. The molecule has 0 aliphatic carbocycles. The monoisotopic (exact) mass is 531 g/mol. The summed E-state index contributed by atoms with van der Waals surface area (Å²) >= 11 is 1.31. The molecule has 39 heavy (non-hydrogen) atoms. The number of nitrogens with zero attached hydrogens (tertiary/aromatic N) is 3. The lowest BCUT2D eigenvalue weighted by Gasteiger charge is -2.25. The molecule has 7 nitrogen and oxygen atoms in total. The highest BCUT2D eigenvalue weighted by Gasteiger charge is 2.32. The maximum Gasteiger partial charge on any atom is 0.271 e. The SMILES string of the molecule is CC1=C(C(=O)Nc2ccccc2C)C(c2ccccc2)n2c(s/c(=C\c3cn[nH]c3-c3ccccc3)c2=O)=N1. The quantitative estimate of drug-likeness (QED) is 0.348. The molecule has 5 aromatic rings. The van der Waals surface area contributed by atoms with E-state index < -0.39 is 6.04 Å². The molecular formula is C31H25N5O2S. The Morgan fingerprint density at radius 2 is 1.67 bits per heavy atom. The Kier molecular flexibility index (Phi) is 6.38. The molecule has 6 rings (SSSR count). The normalized spacial score (nSPS) is 15.1. The fourth-order valence-electron chi connectivity index (χ4n) is 4.85. The van der Waals surface area contributed by atoms with E-state index >= 15 is 0 Å². The van der Waals surface area contributed by atoms with Gasteiger partial charge >= 0.3 is 0 Å². The van der Waals surface area contributed by atoms with Crippen molar-refractivity contribution in [3.63, 3.8) is 0 Å². The van der Waals surface area contributed by atoms with Gasteiger partial charge in [-0.3, -0.25) is 19.3 Å². The van der Waals surface area contributed by atoms with Gasteiger partial charge in [0, 0.05) is 16.8 Å². The first-order valence-corrected chi connectivity index (χ1v) is 13.4. The van der Waals surface area contributed by atoms with Crippen LogP contribution in [0.5, 0.6) is 0 Å². The zero-order chi connectivity index (χ0) is 26.9. The Morgan fingerprint density at radius 3 is 2.41 bits per heavy atom. The molecule has 1 aliphatic rings. The number of anilines is 1. The van der Waals surface area contributed by atoms with Gasteiger partial charge < -0.3 is 5.32 Å². The second-order valence-corrected chi connectivity index (χ2v) is 10.3. The molecule has 0 spiro atoms. The minimum atomic E-state index is -0.619. The number of thiazole rings is 1. The van der Waals surface area contributed by atoms with Crippen LogP contribution < -0.4 is 20.2 Å². The van der Waals surface area contributed by atoms with Gasteiger partial charge in [0.05, 0.1) is 33.7 Å². The predicted octanol–water partition coefficient (Wildman–Crippen LogP) is 4.57. The van der Waals surface area contributed by atoms with Crippen molar-refractivity contribution in [2.24, 2.45) is 4.99 Å². The van der Waals surface area contributed by atoms with E-state index in [1.165, 1.54) is 11.3 Å². The van der Waals surface area contributed by atoms with Gasteiger partial charge in [0.15, 0.2) is 4.80 Å². The Morgan fingerprint density at radius 1 is 0.974 bits per heavy atom. The molecule has 1 aliphatic heterocycles. The summed E-state index contributed by atoms with van der Waals surface area (Å²) in [6.07, 6.45) is 3.55. The molecule has 1 atom stereocenters. The average molecular weight is 532 g/mol. The number of nitrogens with one attached hydrogen (secondary N) is 2. The molecule has 2 aromatic heterocycles. The maximum atomic E-state index is 14.0. The van der Waals surface area contributed by atoms with Crippen molar-refractivity contribution >= 4 is 29.0 Å². The molecule has 3 aromatic carbocycles. The number of hydrogen-bond acceptors (Lipinski definition) is 5. The standard InChI is InChI=1S/C31H25N5O2S/c1-19-11-9-10-16-24(19)34-29(37)26-20(2)33-31-36(28(26)22-14-7-4-8-15-22)30(38)25(39-31)17-23-18-32-35-27(23)21-12-5-3-6-13-21/h3-18,28H,1-2H3,(H,32,35)(H,34,37)/b25-17-. The predicted molar refractivity (Wildman–Crippen MR) is 154 cm³/mol. The molecule has 0 saturated heterocycles. The first-order chi connectivity index (χ1) is 19.0. The van der Waals surface area contributed by atoms with Gasteiger partial charge in [0.2, 0.25) is 0 Å². The smallest absolute Gasteiger partial charge is 0.271 e. The third-order valence-corrected chi connectivity index (χ3v) is 7.78. The van der Waals surface area contributed by atoms with Crippen LogP contribution in [0.4, 0.5) is 5.69 Å². The summed E-state index contributed by atoms with van der Waals surface area (Å²) in [6.45, 7) is 3.77. The van der Waals surface area contributed by atoms with E-state index in [0.29, 0.717) is 20.6 Å². The van der Waals surface area contributed by atoms with Gasteiger partial charge in [0.1, 0.15) is 0 Å². The molecular weight excluding hydrogens is 506 g/mol. The van der Waals surface area contributed by atoms with Crippen LogP contribution in [0, 0.1) is 6.92 Å². The third kappa shape index (κ3) is 4.55. The highest BCUT2D eigenvalue weighted by atomic mass is 32.1. The number of rotatable bonds is 5. The van der Waals surface area contributed by atoms with E-state index in [2.05, 4.69) is 15.5 Å². The summed E-state index contributed by atoms with van der Waals surface area (Å²) in [5.74, 6) is -0.283. The minimum absolute atomic E-state index is 0.207. The summed E-state index contributed by atoms with van der Waals surface area (Å²) < 4.78 is 2.15. The fraction of sp³-hybridized carbons (Fsp3) is 0.0968. The second-order valence-electron chi connectivity index (χ2n) is 9.33. The van der Waals surface area contributed by atoms with Crippen molar-refractivity contribution < 1.29 is 4.79 Å². The lowest BCUT2D eigenvalue weighted by atomic mass is 9.95.